The highest BCUT2D eigenvalue weighted by atomic mass is 16.1. The van der Waals surface area contributed by atoms with Crippen molar-refractivity contribution in [3.05, 3.63) is 23.5 Å². The van der Waals surface area contributed by atoms with E-state index < -0.39 is 0 Å². The molecule has 3 heteroatoms. The largest absolute Gasteiger partial charge is 0.294 e. The zero-order valence-electron chi connectivity index (χ0n) is 17.9. The minimum Gasteiger partial charge on any atom is -0.294 e. The minimum atomic E-state index is -0.123. The van der Waals surface area contributed by atoms with Gasteiger partial charge in [0, 0.05) is 18.2 Å². The number of carbonyl (C=O) groups is 1. The molecule has 1 aromatic heterocycles. The zero-order valence-corrected chi connectivity index (χ0v) is 17.9. The molecule has 0 spiro atoms. The minimum absolute atomic E-state index is 0.123. The van der Waals surface area contributed by atoms with Gasteiger partial charge in [-0.25, -0.2) is 0 Å². The third kappa shape index (κ3) is 2.53. The van der Waals surface area contributed by atoms with Gasteiger partial charge in [-0.2, -0.15) is 5.10 Å². The summed E-state index contributed by atoms with van der Waals surface area (Å²) in [7, 11) is 0. The molecule has 28 heavy (non-hydrogen) atoms. The Bertz CT molecular complexity index is 807. The molecule has 4 fully saturated rings. The van der Waals surface area contributed by atoms with Gasteiger partial charge < -0.3 is 0 Å². The van der Waals surface area contributed by atoms with Crippen LogP contribution in [0.1, 0.15) is 84.3 Å². The number of aryl methyl sites for hydroxylation is 1. The van der Waals surface area contributed by atoms with Crippen molar-refractivity contribution in [3.8, 4) is 0 Å². The number of carbonyl (C=O) groups excluding carboxylic acids is 1. The highest BCUT2D eigenvalue weighted by Gasteiger charge is 2.60. The van der Waals surface area contributed by atoms with Crippen molar-refractivity contribution in [2.24, 2.45) is 34.5 Å². The van der Waals surface area contributed by atoms with E-state index >= 15 is 0 Å². The molecule has 0 saturated heterocycles. The van der Waals surface area contributed by atoms with Crippen LogP contribution in [0.5, 0.6) is 0 Å². The Balaban J connectivity index is 1.47. The van der Waals surface area contributed by atoms with Gasteiger partial charge in [-0.15, -0.1) is 0 Å². The molecule has 1 heterocycles. The Morgan fingerprint density at radius 2 is 2.00 bits per heavy atom. The molecule has 4 aliphatic rings. The maximum atomic E-state index is 13.5. The van der Waals surface area contributed by atoms with Gasteiger partial charge in [0.2, 0.25) is 0 Å². The Morgan fingerprint density at radius 1 is 1.14 bits per heavy atom. The van der Waals surface area contributed by atoms with E-state index in [9.17, 15) is 4.79 Å². The average Bonchev–Trinajstić information content (AvgIpc) is 3.24. The van der Waals surface area contributed by atoms with Crippen molar-refractivity contribution in [2.75, 3.05) is 0 Å². The summed E-state index contributed by atoms with van der Waals surface area (Å²) in [4.78, 5) is 13.5. The molecule has 0 aliphatic heterocycles. The van der Waals surface area contributed by atoms with Gasteiger partial charge in [-0.1, -0.05) is 26.7 Å². The monoisotopic (exact) mass is 380 g/mol. The molecule has 0 aromatic carbocycles. The lowest BCUT2D eigenvalue weighted by Gasteiger charge is -2.59. The first-order valence-corrected chi connectivity index (χ1v) is 11.7. The average molecular weight is 381 g/mol. The summed E-state index contributed by atoms with van der Waals surface area (Å²) in [5, 5.41) is 4.39. The highest BCUT2D eigenvalue weighted by molar-refractivity contribution is 6.05. The normalized spacial score (nSPS) is 44.2. The smallest absolute Gasteiger partial charge is 0.165 e. The molecule has 152 valence electrons. The number of hydrogen-bond acceptors (Lipinski definition) is 2. The van der Waals surface area contributed by atoms with Crippen LogP contribution in [0.2, 0.25) is 0 Å². The molecule has 4 aliphatic carbocycles. The first-order valence-electron chi connectivity index (χ1n) is 11.7. The molecule has 6 unspecified atom stereocenters. The van der Waals surface area contributed by atoms with Crippen LogP contribution in [-0.4, -0.2) is 15.6 Å². The molecule has 1 aromatic rings. The van der Waals surface area contributed by atoms with E-state index in [1.165, 1.54) is 44.9 Å². The summed E-state index contributed by atoms with van der Waals surface area (Å²) < 4.78 is 2.00. The van der Waals surface area contributed by atoms with Gasteiger partial charge in [0.15, 0.2) is 5.78 Å². The van der Waals surface area contributed by atoms with Gasteiger partial charge in [-0.05, 0) is 98.7 Å². The van der Waals surface area contributed by atoms with Gasteiger partial charge in [0.25, 0.3) is 0 Å². The summed E-state index contributed by atoms with van der Waals surface area (Å²) in [5.74, 6) is 3.54. The lowest BCUT2D eigenvalue weighted by molar-refractivity contribution is -0.137. The van der Waals surface area contributed by atoms with E-state index in [4.69, 9.17) is 0 Å². The van der Waals surface area contributed by atoms with Crippen LogP contribution in [-0.2, 0) is 11.3 Å². The van der Waals surface area contributed by atoms with Gasteiger partial charge in [-0.3, -0.25) is 9.48 Å². The van der Waals surface area contributed by atoms with Crippen molar-refractivity contribution in [1.82, 2.24) is 9.78 Å². The number of aromatic nitrogens is 2. The van der Waals surface area contributed by atoms with Crippen LogP contribution in [0.4, 0.5) is 0 Å². The molecule has 6 atom stereocenters. The van der Waals surface area contributed by atoms with Crippen LogP contribution < -0.4 is 0 Å². The summed E-state index contributed by atoms with van der Waals surface area (Å²) >= 11 is 0. The number of nitrogens with zero attached hydrogens (tertiary/aromatic N) is 2. The van der Waals surface area contributed by atoms with Crippen LogP contribution in [0.25, 0.3) is 6.08 Å². The van der Waals surface area contributed by atoms with Crippen LogP contribution in [0.3, 0.4) is 0 Å². The molecular formula is C25H36N2O. The van der Waals surface area contributed by atoms with Gasteiger partial charge in [0.1, 0.15) is 0 Å². The standard InChI is InChI=1S/C25H36N2O/c1-4-27-19(11-14-26-27)15-17-16-22-20-9-8-18-7-5-6-12-24(18,2)21(20)10-13-25(22,3)23(17)28/h11,14-15,18,20-22H,4-10,12-13,16H2,1-3H3. The summed E-state index contributed by atoms with van der Waals surface area (Å²) in [6, 6.07) is 2.05. The van der Waals surface area contributed by atoms with Crippen LogP contribution >= 0.6 is 0 Å². The third-order valence-corrected chi connectivity index (χ3v) is 9.59. The van der Waals surface area contributed by atoms with Crippen molar-refractivity contribution < 1.29 is 4.79 Å². The van der Waals surface area contributed by atoms with E-state index in [1.807, 2.05) is 16.9 Å². The summed E-state index contributed by atoms with van der Waals surface area (Å²) in [6.45, 7) is 7.87. The number of rotatable bonds is 2. The second-order valence-electron chi connectivity index (χ2n) is 10.6. The zero-order chi connectivity index (χ0) is 19.5. The third-order valence-electron chi connectivity index (χ3n) is 9.59. The Kier molecular flexibility index (Phi) is 4.37. The first-order chi connectivity index (χ1) is 13.5. The number of hydrogen-bond donors (Lipinski definition) is 0. The van der Waals surface area contributed by atoms with Gasteiger partial charge >= 0.3 is 0 Å². The van der Waals surface area contributed by atoms with Crippen LogP contribution in [0.15, 0.2) is 17.8 Å². The Labute approximate surface area is 170 Å². The maximum Gasteiger partial charge on any atom is 0.165 e. The summed E-state index contributed by atoms with van der Waals surface area (Å²) in [5.41, 5.74) is 2.58. The summed E-state index contributed by atoms with van der Waals surface area (Å²) in [6.07, 6.45) is 15.9. The van der Waals surface area contributed by atoms with Gasteiger partial charge in [0.05, 0.1) is 5.69 Å². The number of fused-ring (bicyclic) bond motifs is 5. The molecule has 0 radical (unpaired) electrons. The molecular weight excluding hydrogens is 344 g/mol. The molecule has 0 bridgehead atoms. The topological polar surface area (TPSA) is 34.9 Å². The predicted octanol–water partition coefficient (Wildman–Crippen LogP) is 5.90. The fourth-order valence-electron chi connectivity index (χ4n) is 8.00. The van der Waals surface area contributed by atoms with Crippen molar-refractivity contribution >= 4 is 11.9 Å². The molecule has 3 nitrogen and oxygen atoms in total. The highest BCUT2D eigenvalue weighted by Crippen LogP contribution is 2.66. The molecule has 5 rings (SSSR count). The lowest BCUT2D eigenvalue weighted by atomic mass is 9.45. The van der Waals surface area contributed by atoms with Crippen molar-refractivity contribution in [1.29, 1.82) is 0 Å². The molecule has 0 N–H and O–H groups in total. The fourth-order valence-corrected chi connectivity index (χ4v) is 8.00. The van der Waals surface area contributed by atoms with E-state index in [0.717, 1.165) is 48.4 Å². The second kappa shape index (κ2) is 6.57. The first kappa shape index (κ1) is 18.6. The lowest BCUT2D eigenvalue weighted by Crippen LogP contribution is -2.52. The van der Waals surface area contributed by atoms with E-state index in [1.54, 1.807) is 0 Å². The predicted molar refractivity (Wildman–Crippen MR) is 113 cm³/mol. The molecule has 0 amide bonds. The Morgan fingerprint density at radius 3 is 2.82 bits per heavy atom. The second-order valence-corrected chi connectivity index (χ2v) is 10.6. The van der Waals surface area contributed by atoms with Crippen molar-refractivity contribution in [3.63, 3.8) is 0 Å². The number of allylic oxidation sites excluding steroid dienone is 1. The van der Waals surface area contributed by atoms with E-state index in [0.29, 0.717) is 17.1 Å². The molecule has 4 saturated carbocycles. The maximum absolute atomic E-state index is 13.5. The fraction of sp³-hybridized carbons (Fsp3) is 0.760. The van der Waals surface area contributed by atoms with E-state index in [-0.39, 0.29) is 5.41 Å². The Hall–Kier alpha value is -1.38. The SMILES string of the molecule is CCn1nccc1C=C1CC2C3CCC4CCCCC4(C)C3CCC2(C)C1=O. The number of ketones is 1. The number of Topliss-reactive ketones (excluding diaryl/α,β-unsaturated/α-hetero) is 1. The van der Waals surface area contributed by atoms with Crippen molar-refractivity contribution in [2.45, 2.75) is 85.1 Å². The quantitative estimate of drug-likeness (QED) is 0.599. The van der Waals surface area contributed by atoms with Crippen LogP contribution in [0, 0.1) is 34.5 Å². The van der Waals surface area contributed by atoms with E-state index in [2.05, 4.69) is 31.9 Å².